The fourth-order valence-corrected chi connectivity index (χ4v) is 7.42. The summed E-state index contributed by atoms with van der Waals surface area (Å²) in [7, 11) is 0. The van der Waals surface area contributed by atoms with Crippen LogP contribution in [0.15, 0.2) is 156 Å². The Morgan fingerprint density at radius 1 is 0.511 bits per heavy atom. The van der Waals surface area contributed by atoms with E-state index >= 15 is 0 Å². The summed E-state index contributed by atoms with van der Waals surface area (Å²) in [6, 6.07) is 54.6. The second-order valence-electron chi connectivity index (χ2n) is 12.6. The zero-order valence-electron chi connectivity index (χ0n) is 25.3. The number of anilines is 3. The summed E-state index contributed by atoms with van der Waals surface area (Å²) in [4.78, 5) is 2.36. The highest BCUT2D eigenvalue weighted by Gasteiger charge is 2.36. The van der Waals surface area contributed by atoms with E-state index in [1.807, 2.05) is 0 Å². The van der Waals surface area contributed by atoms with Gasteiger partial charge < -0.3 is 9.32 Å². The van der Waals surface area contributed by atoms with Crippen molar-refractivity contribution in [1.82, 2.24) is 0 Å². The number of nitrogens with zero attached hydrogens (tertiary/aromatic N) is 1. The van der Waals surface area contributed by atoms with Gasteiger partial charge in [0.05, 0.1) is 5.69 Å². The Balaban J connectivity index is 1.28. The Labute approximate surface area is 262 Å². The molecule has 1 aliphatic carbocycles. The second-order valence-corrected chi connectivity index (χ2v) is 12.6. The number of rotatable bonds is 4. The summed E-state index contributed by atoms with van der Waals surface area (Å²) in [5, 5.41) is 4.71. The molecule has 0 unspecified atom stereocenters. The minimum Gasteiger partial charge on any atom is -0.454 e. The van der Waals surface area contributed by atoms with E-state index in [9.17, 15) is 0 Å². The Morgan fingerprint density at radius 2 is 1.20 bits per heavy atom. The molecule has 0 saturated carbocycles. The molecule has 0 N–H and O–H groups in total. The molecular weight excluding hydrogens is 546 g/mol. The van der Waals surface area contributed by atoms with Crippen molar-refractivity contribution in [3.05, 3.63) is 163 Å². The predicted octanol–water partition coefficient (Wildman–Crippen LogP) is 12.2. The standard InChI is InChI=1S/C43H31NO/c1-43(2)37-17-9-8-15-34(37)35-25-24-32(27-38(35)43)44(31-22-19-29(20-23-31)28-11-4-3-5-12-28)39-18-10-16-36-41-33-14-7-6-13-30(33)21-26-40(41)45-42(36)39/h3-27H,1-2H3. The summed E-state index contributed by atoms with van der Waals surface area (Å²) >= 11 is 0. The number of hydrogen-bond donors (Lipinski definition) is 0. The lowest BCUT2D eigenvalue weighted by Crippen LogP contribution is -2.16. The summed E-state index contributed by atoms with van der Waals surface area (Å²) in [5.74, 6) is 0. The third-order valence-corrected chi connectivity index (χ3v) is 9.67. The lowest BCUT2D eigenvalue weighted by atomic mass is 9.82. The molecule has 2 nitrogen and oxygen atoms in total. The van der Waals surface area contributed by atoms with E-state index in [0.29, 0.717) is 0 Å². The molecule has 0 amide bonds. The molecule has 2 heteroatoms. The fourth-order valence-electron chi connectivity index (χ4n) is 7.42. The monoisotopic (exact) mass is 577 g/mol. The molecule has 1 aromatic heterocycles. The van der Waals surface area contributed by atoms with Crippen LogP contribution in [0.4, 0.5) is 17.1 Å². The van der Waals surface area contributed by atoms with Gasteiger partial charge >= 0.3 is 0 Å². The van der Waals surface area contributed by atoms with Gasteiger partial charge in [-0.2, -0.15) is 0 Å². The van der Waals surface area contributed by atoms with Gasteiger partial charge in [-0.05, 0) is 80.6 Å². The SMILES string of the molecule is CC1(C)c2ccccc2-c2ccc(N(c3ccc(-c4ccccc4)cc3)c3cccc4c3oc3ccc5ccccc5c34)cc21. The summed E-state index contributed by atoms with van der Waals surface area (Å²) < 4.78 is 6.75. The van der Waals surface area contributed by atoms with E-state index in [4.69, 9.17) is 4.42 Å². The van der Waals surface area contributed by atoms with Crippen molar-refractivity contribution in [3.63, 3.8) is 0 Å². The van der Waals surface area contributed by atoms with Crippen molar-refractivity contribution in [2.75, 3.05) is 4.90 Å². The summed E-state index contributed by atoms with van der Waals surface area (Å²) in [5.41, 5.74) is 12.7. The first-order valence-corrected chi connectivity index (χ1v) is 15.6. The maximum atomic E-state index is 6.75. The molecule has 1 aliphatic rings. The number of hydrogen-bond acceptors (Lipinski definition) is 2. The Kier molecular flexibility index (Phi) is 5.58. The van der Waals surface area contributed by atoms with E-state index in [2.05, 4.69) is 170 Å². The van der Waals surface area contributed by atoms with Crippen molar-refractivity contribution in [1.29, 1.82) is 0 Å². The average molecular weight is 578 g/mol. The minimum absolute atomic E-state index is 0.102. The van der Waals surface area contributed by atoms with E-state index in [1.165, 1.54) is 44.2 Å². The Hall–Kier alpha value is -5.60. The Morgan fingerprint density at radius 3 is 2.07 bits per heavy atom. The smallest absolute Gasteiger partial charge is 0.159 e. The third kappa shape index (κ3) is 3.89. The van der Waals surface area contributed by atoms with Gasteiger partial charge in [0.1, 0.15) is 5.58 Å². The molecule has 0 fully saturated rings. The van der Waals surface area contributed by atoms with Crippen molar-refractivity contribution >= 4 is 49.8 Å². The summed E-state index contributed by atoms with van der Waals surface area (Å²) in [6.07, 6.45) is 0. The topological polar surface area (TPSA) is 16.4 Å². The van der Waals surface area contributed by atoms with Gasteiger partial charge in [0.25, 0.3) is 0 Å². The van der Waals surface area contributed by atoms with E-state index in [1.54, 1.807) is 0 Å². The zero-order valence-corrected chi connectivity index (χ0v) is 25.3. The van der Waals surface area contributed by atoms with Crippen LogP contribution in [0, 0.1) is 0 Å². The highest BCUT2D eigenvalue weighted by Crippen LogP contribution is 2.51. The average Bonchev–Trinajstić information content (AvgIpc) is 3.59. The fraction of sp³-hybridized carbons (Fsp3) is 0.0698. The molecule has 45 heavy (non-hydrogen) atoms. The van der Waals surface area contributed by atoms with Gasteiger partial charge in [-0.3, -0.25) is 0 Å². The molecule has 0 saturated heterocycles. The normalized spacial score (nSPS) is 13.3. The predicted molar refractivity (Wildman–Crippen MR) is 189 cm³/mol. The zero-order chi connectivity index (χ0) is 30.1. The summed E-state index contributed by atoms with van der Waals surface area (Å²) in [6.45, 7) is 4.68. The van der Waals surface area contributed by atoms with Gasteiger partial charge in [0, 0.05) is 27.6 Å². The van der Waals surface area contributed by atoms with Crippen molar-refractivity contribution in [2.45, 2.75) is 19.3 Å². The quantitative estimate of drug-likeness (QED) is 0.207. The molecular formula is C43H31NO. The van der Waals surface area contributed by atoms with Crippen LogP contribution in [0.3, 0.4) is 0 Å². The molecule has 8 aromatic rings. The molecule has 0 spiro atoms. The molecule has 0 aliphatic heterocycles. The van der Waals surface area contributed by atoms with Crippen LogP contribution in [0.25, 0.3) is 55.0 Å². The van der Waals surface area contributed by atoms with Crippen molar-refractivity contribution in [3.8, 4) is 22.3 Å². The maximum Gasteiger partial charge on any atom is 0.159 e. The van der Waals surface area contributed by atoms with Gasteiger partial charge in [-0.25, -0.2) is 0 Å². The lowest BCUT2D eigenvalue weighted by molar-refractivity contribution is 0.660. The molecule has 7 aromatic carbocycles. The van der Waals surface area contributed by atoms with Crippen molar-refractivity contribution < 1.29 is 4.42 Å². The first-order valence-electron chi connectivity index (χ1n) is 15.6. The second kappa shape index (κ2) is 9.70. The van der Waals surface area contributed by atoms with Gasteiger partial charge in [-0.1, -0.05) is 129 Å². The molecule has 0 bridgehead atoms. The van der Waals surface area contributed by atoms with E-state index < -0.39 is 0 Å². The van der Waals surface area contributed by atoms with Gasteiger partial charge in [-0.15, -0.1) is 0 Å². The lowest BCUT2D eigenvalue weighted by Gasteiger charge is -2.28. The third-order valence-electron chi connectivity index (χ3n) is 9.67. The largest absolute Gasteiger partial charge is 0.454 e. The van der Waals surface area contributed by atoms with E-state index in [-0.39, 0.29) is 5.41 Å². The molecule has 1 heterocycles. The van der Waals surface area contributed by atoms with Crippen LogP contribution in [0.5, 0.6) is 0 Å². The van der Waals surface area contributed by atoms with Crippen LogP contribution in [0.2, 0.25) is 0 Å². The van der Waals surface area contributed by atoms with Crippen LogP contribution in [0.1, 0.15) is 25.0 Å². The number of furan rings is 1. The van der Waals surface area contributed by atoms with Crippen LogP contribution in [-0.2, 0) is 5.41 Å². The minimum atomic E-state index is -0.102. The van der Waals surface area contributed by atoms with Crippen LogP contribution < -0.4 is 4.90 Å². The van der Waals surface area contributed by atoms with E-state index in [0.717, 1.165) is 39.0 Å². The van der Waals surface area contributed by atoms with Gasteiger partial charge in [0.15, 0.2) is 5.58 Å². The highest BCUT2D eigenvalue weighted by atomic mass is 16.3. The highest BCUT2D eigenvalue weighted by molar-refractivity contribution is 6.21. The Bertz CT molecular complexity index is 2400. The number of benzene rings is 7. The maximum absolute atomic E-state index is 6.75. The number of fused-ring (bicyclic) bond motifs is 8. The van der Waals surface area contributed by atoms with Crippen LogP contribution in [-0.4, -0.2) is 0 Å². The molecule has 214 valence electrons. The first-order chi connectivity index (χ1) is 22.1. The van der Waals surface area contributed by atoms with Gasteiger partial charge in [0.2, 0.25) is 0 Å². The van der Waals surface area contributed by atoms with Crippen LogP contribution >= 0.6 is 0 Å². The van der Waals surface area contributed by atoms with Crippen molar-refractivity contribution in [2.24, 2.45) is 0 Å². The molecule has 0 radical (unpaired) electrons. The molecule has 9 rings (SSSR count). The molecule has 0 atom stereocenters. The first kappa shape index (κ1) is 25.9. The number of para-hydroxylation sites is 1.